The van der Waals surface area contributed by atoms with Crippen LogP contribution in [0.5, 0.6) is 0 Å². The normalized spacial score (nSPS) is 12.0. The lowest BCUT2D eigenvalue weighted by molar-refractivity contribution is 0.608. The van der Waals surface area contributed by atoms with E-state index in [1.807, 2.05) is 0 Å². The van der Waals surface area contributed by atoms with Crippen molar-refractivity contribution < 1.29 is 0 Å². The number of unbranched alkanes of at least 4 members (excludes halogenated alkanes) is 10. The first-order valence-corrected chi connectivity index (χ1v) is 18.4. The summed E-state index contributed by atoms with van der Waals surface area (Å²) in [6.07, 6.45) is 18.2. The Kier molecular flexibility index (Phi) is 9.52. The van der Waals surface area contributed by atoms with Crippen molar-refractivity contribution in [1.82, 2.24) is 0 Å². The van der Waals surface area contributed by atoms with Crippen LogP contribution in [0, 0.1) is 0 Å². The molecule has 0 heterocycles. The second kappa shape index (κ2) is 14.3. The first kappa shape index (κ1) is 30.7. The Balaban J connectivity index is 1.41. The van der Waals surface area contributed by atoms with Gasteiger partial charge in [-0.25, -0.2) is 0 Å². The highest BCUT2D eigenvalue weighted by atomic mass is 14.2. The minimum atomic E-state index is 1.15. The summed E-state index contributed by atoms with van der Waals surface area (Å²) < 4.78 is 0. The molecule has 0 nitrogen and oxygen atoms in total. The molecule has 3 aromatic rings. The number of rotatable bonds is 14. The maximum absolute atomic E-state index is 2.59. The second-order valence-electron chi connectivity index (χ2n) is 13.7. The van der Waals surface area contributed by atoms with Crippen LogP contribution in [-0.2, 0) is 12.8 Å². The highest BCUT2D eigenvalue weighted by molar-refractivity contribution is 6.24. The Morgan fingerprint density at radius 3 is 1.22 bits per heavy atom. The first-order chi connectivity index (χ1) is 22.8. The molecule has 0 amide bonds. The van der Waals surface area contributed by atoms with Gasteiger partial charge in [-0.05, 0) is 114 Å². The molecule has 0 saturated heterocycles. The number of hydrogen-bond donors (Lipinski definition) is 0. The largest absolute Gasteiger partial charge is 0.0654 e. The third kappa shape index (κ3) is 5.88. The van der Waals surface area contributed by atoms with Crippen LogP contribution in [0.15, 0.2) is 97.1 Å². The fourth-order valence-corrected chi connectivity index (χ4v) is 8.29. The van der Waals surface area contributed by atoms with E-state index in [2.05, 4.69) is 111 Å². The van der Waals surface area contributed by atoms with Crippen molar-refractivity contribution in [1.29, 1.82) is 0 Å². The van der Waals surface area contributed by atoms with Crippen LogP contribution in [0.4, 0.5) is 0 Å². The maximum atomic E-state index is 2.59. The van der Waals surface area contributed by atoms with Crippen molar-refractivity contribution in [2.75, 3.05) is 0 Å². The lowest BCUT2D eigenvalue weighted by atomic mass is 9.94. The standard InChI is InChI=1S/C46H50/c1-3-5-7-9-11-15-25-39-35-21-17-13-19-23-37(35)41-29-27-33-31-34-28-30-42-38-24-20-14-18-22-36(38)40(26-16-12-10-8-6-4-2)46(42)44(34)32-43(33)45(39)41/h13-14,17-24,27-32H,3-12,15-16,25-26H2,1-2H3. The quantitative estimate of drug-likeness (QED) is 0.0858. The van der Waals surface area contributed by atoms with Gasteiger partial charge in [0.25, 0.3) is 0 Å². The smallest absolute Gasteiger partial charge is 0.00607 e. The molecule has 0 N–H and O–H groups in total. The minimum Gasteiger partial charge on any atom is -0.0654 e. The third-order valence-electron chi connectivity index (χ3n) is 10.6. The monoisotopic (exact) mass is 602 g/mol. The van der Waals surface area contributed by atoms with E-state index < -0.39 is 0 Å². The Bertz CT molecular complexity index is 1880. The Hall–Kier alpha value is -3.90. The van der Waals surface area contributed by atoms with E-state index in [0.29, 0.717) is 0 Å². The van der Waals surface area contributed by atoms with E-state index in [4.69, 9.17) is 0 Å². The minimum absolute atomic E-state index is 1.15. The van der Waals surface area contributed by atoms with Crippen molar-refractivity contribution >= 4 is 43.1 Å². The summed E-state index contributed by atoms with van der Waals surface area (Å²) in [7, 11) is 0. The predicted octanol–water partition coefficient (Wildman–Crippen LogP) is 14.3. The van der Waals surface area contributed by atoms with E-state index >= 15 is 0 Å². The topological polar surface area (TPSA) is 0 Å². The molecule has 46 heavy (non-hydrogen) atoms. The summed E-state index contributed by atoms with van der Waals surface area (Å²) >= 11 is 0. The van der Waals surface area contributed by atoms with E-state index in [1.165, 1.54) is 142 Å². The lowest BCUT2D eigenvalue weighted by Crippen LogP contribution is -1.89. The van der Waals surface area contributed by atoms with Crippen molar-refractivity contribution in [3.63, 3.8) is 0 Å². The average molecular weight is 603 g/mol. The Morgan fingerprint density at radius 2 is 0.761 bits per heavy atom. The van der Waals surface area contributed by atoms with Crippen LogP contribution in [0.1, 0.15) is 102 Å². The molecule has 3 aromatic carbocycles. The summed E-state index contributed by atoms with van der Waals surface area (Å²) in [6, 6.07) is 37.3. The summed E-state index contributed by atoms with van der Waals surface area (Å²) in [5, 5.41) is 11.4. The van der Waals surface area contributed by atoms with Gasteiger partial charge >= 0.3 is 0 Å². The molecule has 0 radical (unpaired) electrons. The molecular formula is C46H50. The second-order valence-corrected chi connectivity index (χ2v) is 13.7. The Morgan fingerprint density at radius 1 is 0.348 bits per heavy atom. The van der Waals surface area contributed by atoms with Gasteiger partial charge in [-0.2, -0.15) is 0 Å². The molecule has 7 rings (SSSR count). The molecule has 0 fully saturated rings. The lowest BCUT2D eigenvalue weighted by Gasteiger charge is -2.10. The molecule has 0 aliphatic heterocycles. The van der Waals surface area contributed by atoms with Gasteiger partial charge in [0.15, 0.2) is 0 Å². The summed E-state index contributed by atoms with van der Waals surface area (Å²) in [6.45, 7) is 4.61. The SMILES string of the molecule is CCCCCCCCc1c2cccccc-2c2ccc3cc4ccc5c6cccccc-6c(CCCCCCCC)c5c4cc3c12. The van der Waals surface area contributed by atoms with Gasteiger partial charge in [-0.1, -0.05) is 163 Å². The van der Waals surface area contributed by atoms with Crippen molar-refractivity contribution in [3.8, 4) is 22.3 Å². The molecule has 4 aliphatic carbocycles. The zero-order valence-electron chi connectivity index (χ0n) is 28.1. The summed E-state index contributed by atoms with van der Waals surface area (Å²) in [4.78, 5) is 0. The third-order valence-corrected chi connectivity index (χ3v) is 10.6. The average Bonchev–Trinajstić information content (AvgIpc) is 3.27. The van der Waals surface area contributed by atoms with Gasteiger partial charge < -0.3 is 0 Å². The van der Waals surface area contributed by atoms with Crippen molar-refractivity contribution in [3.05, 3.63) is 108 Å². The van der Waals surface area contributed by atoms with E-state index in [9.17, 15) is 0 Å². The molecule has 0 bridgehead atoms. The van der Waals surface area contributed by atoms with Crippen LogP contribution in [0.25, 0.3) is 65.3 Å². The molecular weight excluding hydrogens is 553 g/mol. The highest BCUT2D eigenvalue weighted by Gasteiger charge is 2.22. The number of benzene rings is 3. The van der Waals surface area contributed by atoms with Crippen LogP contribution in [0.3, 0.4) is 0 Å². The molecule has 0 aromatic heterocycles. The molecule has 0 heteroatoms. The van der Waals surface area contributed by atoms with Gasteiger partial charge in [0.1, 0.15) is 0 Å². The first-order valence-electron chi connectivity index (χ1n) is 18.4. The fraction of sp³-hybridized carbons (Fsp3) is 0.348. The van der Waals surface area contributed by atoms with Gasteiger partial charge in [0.05, 0.1) is 0 Å². The Labute approximate surface area is 276 Å². The molecule has 0 spiro atoms. The van der Waals surface area contributed by atoms with Crippen LogP contribution in [-0.4, -0.2) is 0 Å². The fourth-order valence-electron chi connectivity index (χ4n) is 8.29. The predicted molar refractivity (Wildman–Crippen MR) is 204 cm³/mol. The van der Waals surface area contributed by atoms with E-state index in [1.54, 1.807) is 11.1 Å². The molecule has 4 aliphatic rings. The van der Waals surface area contributed by atoms with Gasteiger partial charge in [-0.15, -0.1) is 0 Å². The van der Waals surface area contributed by atoms with Crippen molar-refractivity contribution in [2.45, 2.75) is 104 Å². The maximum Gasteiger partial charge on any atom is -0.00607 e. The van der Waals surface area contributed by atoms with Crippen LogP contribution >= 0.6 is 0 Å². The van der Waals surface area contributed by atoms with E-state index in [0.717, 1.165) is 12.8 Å². The van der Waals surface area contributed by atoms with Crippen LogP contribution < -0.4 is 0 Å². The number of fused-ring (bicyclic) bond motifs is 10. The summed E-state index contributed by atoms with van der Waals surface area (Å²) in [5.41, 5.74) is 8.79. The number of hydrogen-bond acceptors (Lipinski definition) is 0. The summed E-state index contributed by atoms with van der Waals surface area (Å²) in [5.74, 6) is 0. The molecule has 0 unspecified atom stereocenters. The van der Waals surface area contributed by atoms with Gasteiger partial charge in [0, 0.05) is 0 Å². The molecule has 0 atom stereocenters. The zero-order valence-corrected chi connectivity index (χ0v) is 28.1. The molecule has 234 valence electrons. The van der Waals surface area contributed by atoms with Crippen molar-refractivity contribution in [2.24, 2.45) is 0 Å². The molecule has 0 saturated carbocycles. The van der Waals surface area contributed by atoms with Gasteiger partial charge in [-0.3, -0.25) is 0 Å². The zero-order chi connectivity index (χ0) is 31.3. The van der Waals surface area contributed by atoms with Gasteiger partial charge in [0.2, 0.25) is 0 Å². The highest BCUT2D eigenvalue weighted by Crippen LogP contribution is 2.47. The van der Waals surface area contributed by atoms with Crippen LogP contribution in [0.2, 0.25) is 0 Å². The number of aryl methyl sites for hydroxylation is 2. The van der Waals surface area contributed by atoms with E-state index in [-0.39, 0.29) is 0 Å².